The van der Waals surface area contributed by atoms with Gasteiger partial charge >= 0.3 is 0 Å². The summed E-state index contributed by atoms with van der Waals surface area (Å²) in [5.41, 5.74) is 5.53. The summed E-state index contributed by atoms with van der Waals surface area (Å²) in [5, 5.41) is 5.39. The Balaban J connectivity index is 2.75. The lowest BCUT2D eigenvalue weighted by Crippen LogP contribution is -2.50. The first-order chi connectivity index (χ1) is 9.10. The van der Waals surface area contributed by atoms with Gasteiger partial charge in [0.05, 0.1) is 5.56 Å². The maximum absolute atomic E-state index is 12.1. The van der Waals surface area contributed by atoms with E-state index in [0.29, 0.717) is 4.47 Å². The van der Waals surface area contributed by atoms with Crippen LogP contribution in [0.2, 0.25) is 0 Å². The molecule has 1 rings (SSSR count). The number of nitrogens with one attached hydrogen (secondary N) is 2. The van der Waals surface area contributed by atoms with Gasteiger partial charge in [0.2, 0.25) is 5.91 Å². The van der Waals surface area contributed by atoms with E-state index in [4.69, 9.17) is 5.73 Å². The smallest absolute Gasteiger partial charge is 0.255 e. The largest absolute Gasteiger partial charge is 0.383 e. The van der Waals surface area contributed by atoms with E-state index < -0.39 is 11.9 Å². The molecule has 1 heterocycles. The van der Waals surface area contributed by atoms with Gasteiger partial charge in [0.1, 0.15) is 11.9 Å². The Bertz CT molecular complexity index is 526. The zero-order chi connectivity index (χ0) is 15.5. The quantitative estimate of drug-likeness (QED) is 0.774. The predicted molar refractivity (Wildman–Crippen MR) is 81.2 cm³/mol. The van der Waals surface area contributed by atoms with Crippen molar-refractivity contribution in [3.63, 3.8) is 0 Å². The molecule has 0 fully saturated rings. The number of rotatable bonds is 3. The Hall–Kier alpha value is -1.63. The van der Waals surface area contributed by atoms with Gasteiger partial charge in [-0.3, -0.25) is 9.59 Å². The van der Waals surface area contributed by atoms with Gasteiger partial charge < -0.3 is 16.4 Å². The molecule has 1 aromatic rings. The van der Waals surface area contributed by atoms with E-state index in [9.17, 15) is 9.59 Å². The molecule has 7 heteroatoms. The molecule has 6 nitrogen and oxygen atoms in total. The van der Waals surface area contributed by atoms with Gasteiger partial charge in [0.15, 0.2) is 0 Å². The highest BCUT2D eigenvalue weighted by Gasteiger charge is 2.22. The first kappa shape index (κ1) is 16.4. The minimum absolute atomic E-state index is 0.120. The van der Waals surface area contributed by atoms with Crippen molar-refractivity contribution >= 4 is 33.6 Å². The molecule has 0 aliphatic carbocycles. The van der Waals surface area contributed by atoms with Gasteiger partial charge in [-0.2, -0.15) is 0 Å². The van der Waals surface area contributed by atoms with Crippen molar-refractivity contribution in [2.45, 2.75) is 39.3 Å². The lowest BCUT2D eigenvalue weighted by Gasteiger charge is -2.23. The average Bonchev–Trinajstić information content (AvgIpc) is 2.29. The molecule has 0 aliphatic rings. The number of nitrogens with two attached hydrogens (primary N) is 1. The molecule has 4 N–H and O–H groups in total. The Morgan fingerprint density at radius 2 is 2.00 bits per heavy atom. The summed E-state index contributed by atoms with van der Waals surface area (Å²) in [5.74, 6) is -0.575. The average molecular weight is 343 g/mol. The van der Waals surface area contributed by atoms with Crippen LogP contribution in [0.25, 0.3) is 0 Å². The van der Waals surface area contributed by atoms with Crippen LogP contribution in [0.15, 0.2) is 16.7 Å². The number of halogens is 1. The number of pyridine rings is 1. The van der Waals surface area contributed by atoms with Crippen molar-refractivity contribution in [3.05, 3.63) is 22.3 Å². The number of anilines is 1. The predicted octanol–water partition coefficient (Wildman–Crippen LogP) is 1.46. The molecule has 1 aromatic heterocycles. The summed E-state index contributed by atoms with van der Waals surface area (Å²) in [7, 11) is 0. The van der Waals surface area contributed by atoms with E-state index in [-0.39, 0.29) is 22.8 Å². The summed E-state index contributed by atoms with van der Waals surface area (Å²) in [6, 6.07) is 0.895. The summed E-state index contributed by atoms with van der Waals surface area (Å²) in [6.45, 7) is 7.22. The molecule has 0 aliphatic heterocycles. The third-order valence-electron chi connectivity index (χ3n) is 2.37. The molecule has 110 valence electrons. The number of carbonyl (C=O) groups excluding carboxylic acids is 2. The van der Waals surface area contributed by atoms with Crippen LogP contribution in [-0.4, -0.2) is 28.4 Å². The van der Waals surface area contributed by atoms with Crippen molar-refractivity contribution in [2.24, 2.45) is 0 Å². The summed E-state index contributed by atoms with van der Waals surface area (Å²) < 4.78 is 0.642. The topological polar surface area (TPSA) is 97.1 Å². The fourth-order valence-electron chi connectivity index (χ4n) is 1.45. The molecule has 0 spiro atoms. The van der Waals surface area contributed by atoms with E-state index in [2.05, 4.69) is 31.5 Å². The van der Waals surface area contributed by atoms with Gasteiger partial charge in [0, 0.05) is 16.2 Å². The van der Waals surface area contributed by atoms with Crippen LogP contribution in [0.5, 0.6) is 0 Å². The summed E-state index contributed by atoms with van der Waals surface area (Å²) in [6.07, 6.45) is 1.50. The van der Waals surface area contributed by atoms with Crippen LogP contribution >= 0.6 is 15.9 Å². The highest BCUT2D eigenvalue weighted by molar-refractivity contribution is 9.10. The van der Waals surface area contributed by atoms with Crippen LogP contribution in [0.4, 0.5) is 5.82 Å². The van der Waals surface area contributed by atoms with Crippen molar-refractivity contribution < 1.29 is 9.59 Å². The zero-order valence-electron chi connectivity index (χ0n) is 12.0. The molecule has 0 aromatic carbocycles. The Morgan fingerprint density at radius 1 is 1.40 bits per heavy atom. The maximum Gasteiger partial charge on any atom is 0.255 e. The Labute approximate surface area is 126 Å². The van der Waals surface area contributed by atoms with Gasteiger partial charge in [0.25, 0.3) is 5.91 Å². The minimum Gasteiger partial charge on any atom is -0.383 e. The van der Waals surface area contributed by atoms with Gasteiger partial charge in [-0.25, -0.2) is 4.98 Å². The third kappa shape index (κ3) is 4.80. The highest BCUT2D eigenvalue weighted by Crippen LogP contribution is 2.15. The van der Waals surface area contributed by atoms with Crippen LogP contribution in [-0.2, 0) is 4.79 Å². The molecule has 0 saturated carbocycles. The van der Waals surface area contributed by atoms with E-state index in [1.54, 1.807) is 13.0 Å². The zero-order valence-corrected chi connectivity index (χ0v) is 13.5. The third-order valence-corrected chi connectivity index (χ3v) is 2.80. The molecule has 1 unspecified atom stereocenters. The molecular formula is C13H19BrN4O2. The van der Waals surface area contributed by atoms with Gasteiger partial charge in [-0.1, -0.05) is 0 Å². The number of hydrogen-bond acceptors (Lipinski definition) is 4. The first-order valence-electron chi connectivity index (χ1n) is 6.14. The van der Waals surface area contributed by atoms with Crippen LogP contribution in [0.3, 0.4) is 0 Å². The number of hydrogen-bond donors (Lipinski definition) is 3. The van der Waals surface area contributed by atoms with Crippen LogP contribution < -0.4 is 16.4 Å². The summed E-state index contributed by atoms with van der Waals surface area (Å²) >= 11 is 3.22. The highest BCUT2D eigenvalue weighted by atomic mass is 79.9. The fourth-order valence-corrected chi connectivity index (χ4v) is 1.78. The minimum atomic E-state index is -0.667. The fraction of sp³-hybridized carbons (Fsp3) is 0.462. The first-order valence-corrected chi connectivity index (χ1v) is 6.93. The molecule has 2 amide bonds. The maximum atomic E-state index is 12.1. The second-order valence-electron chi connectivity index (χ2n) is 5.52. The van der Waals surface area contributed by atoms with Gasteiger partial charge in [-0.05, 0) is 49.7 Å². The van der Waals surface area contributed by atoms with E-state index in [1.807, 2.05) is 20.8 Å². The lowest BCUT2D eigenvalue weighted by atomic mass is 10.1. The standard InChI is InChI=1S/C13H19BrN4O2/c1-7(11(19)18-13(2,3)4)17-12(20)9-5-8(14)6-16-10(9)15/h5-7H,1-4H3,(H2,15,16)(H,17,20)(H,18,19). The molecule has 20 heavy (non-hydrogen) atoms. The van der Waals surface area contributed by atoms with E-state index >= 15 is 0 Å². The van der Waals surface area contributed by atoms with Crippen molar-refractivity contribution in [2.75, 3.05) is 5.73 Å². The lowest BCUT2D eigenvalue weighted by molar-refractivity contribution is -0.124. The Kier molecular flexibility index (Phi) is 5.10. The van der Waals surface area contributed by atoms with Crippen LogP contribution in [0.1, 0.15) is 38.1 Å². The number of amides is 2. The number of aromatic nitrogens is 1. The number of carbonyl (C=O) groups is 2. The van der Waals surface area contributed by atoms with E-state index in [1.165, 1.54) is 6.20 Å². The second kappa shape index (κ2) is 6.21. The van der Waals surface area contributed by atoms with E-state index in [0.717, 1.165) is 0 Å². The number of nitrogen functional groups attached to an aromatic ring is 1. The Morgan fingerprint density at radius 3 is 2.55 bits per heavy atom. The van der Waals surface area contributed by atoms with Gasteiger partial charge in [-0.15, -0.1) is 0 Å². The summed E-state index contributed by atoms with van der Waals surface area (Å²) in [4.78, 5) is 27.8. The monoisotopic (exact) mass is 342 g/mol. The molecule has 0 saturated heterocycles. The molecule has 1 atom stereocenters. The van der Waals surface area contributed by atoms with Crippen LogP contribution in [0, 0.1) is 0 Å². The number of nitrogens with zero attached hydrogens (tertiary/aromatic N) is 1. The molecule has 0 radical (unpaired) electrons. The normalized spacial score (nSPS) is 12.7. The SMILES string of the molecule is CC(NC(=O)c1cc(Br)cnc1N)C(=O)NC(C)(C)C. The molecule has 0 bridgehead atoms. The van der Waals surface area contributed by atoms with Crippen molar-refractivity contribution in [1.29, 1.82) is 0 Å². The van der Waals surface area contributed by atoms with Crippen molar-refractivity contribution in [3.8, 4) is 0 Å². The second-order valence-corrected chi connectivity index (χ2v) is 6.44. The van der Waals surface area contributed by atoms with Crippen molar-refractivity contribution in [1.82, 2.24) is 15.6 Å². The molecular weight excluding hydrogens is 324 g/mol.